The second kappa shape index (κ2) is 5.08. The fourth-order valence-electron chi connectivity index (χ4n) is 2.17. The van der Waals surface area contributed by atoms with Gasteiger partial charge in [0.25, 0.3) is 0 Å². The second-order valence-electron chi connectivity index (χ2n) is 4.23. The second-order valence-corrected chi connectivity index (χ2v) is 4.23. The highest BCUT2D eigenvalue weighted by atomic mass is 16.3. The minimum Gasteiger partial charge on any atom is -0.507 e. The molecule has 2 aromatic carbocycles. The predicted octanol–water partition coefficient (Wildman–Crippen LogP) is 3.20. The minimum atomic E-state index is 0.0363. The van der Waals surface area contributed by atoms with Gasteiger partial charge in [-0.2, -0.15) is 0 Å². The third-order valence-corrected chi connectivity index (χ3v) is 3.22. The number of nitrogens with zero attached hydrogens (tertiary/aromatic N) is 1. The van der Waals surface area contributed by atoms with Crippen molar-refractivity contribution >= 4 is 22.7 Å². The fourth-order valence-corrected chi connectivity index (χ4v) is 2.17. The lowest BCUT2D eigenvalue weighted by Gasteiger charge is -2.21. The van der Waals surface area contributed by atoms with Crippen LogP contribution in [0.2, 0.25) is 0 Å². The van der Waals surface area contributed by atoms with Gasteiger partial charge in [0, 0.05) is 18.8 Å². The number of anilines is 1. The van der Waals surface area contributed by atoms with E-state index in [0.717, 1.165) is 29.5 Å². The fraction of sp³-hybridized carbons (Fsp3) is 0.267. The summed E-state index contributed by atoms with van der Waals surface area (Å²) < 4.78 is 0. The zero-order valence-electron chi connectivity index (χ0n) is 10.7. The molecule has 0 fully saturated rings. The molecule has 3 nitrogen and oxygen atoms in total. The minimum absolute atomic E-state index is 0.0363. The highest BCUT2D eigenvalue weighted by Crippen LogP contribution is 2.27. The molecule has 0 radical (unpaired) electrons. The Labute approximate surface area is 107 Å². The Morgan fingerprint density at radius 1 is 1.11 bits per heavy atom. The maximum atomic E-state index is 10.8. The number of hydrogen-bond acceptors (Lipinski definition) is 3. The standard InChI is InChI=1S/C15H17NO2/c1-3-16(4-2)14-6-5-11-7-13(10-17)15(18)9-12(11)8-14/h5-10,18H,3-4H2,1-2H3. The maximum Gasteiger partial charge on any atom is 0.153 e. The highest BCUT2D eigenvalue weighted by molar-refractivity contribution is 5.93. The largest absolute Gasteiger partial charge is 0.507 e. The summed E-state index contributed by atoms with van der Waals surface area (Å²) in [5, 5.41) is 11.6. The molecule has 0 saturated carbocycles. The Balaban J connectivity index is 2.55. The molecule has 0 bridgehead atoms. The molecule has 0 atom stereocenters. The van der Waals surface area contributed by atoms with Crippen LogP contribution in [-0.4, -0.2) is 24.5 Å². The third-order valence-electron chi connectivity index (χ3n) is 3.22. The number of fused-ring (bicyclic) bond motifs is 1. The van der Waals surface area contributed by atoms with Crippen LogP contribution in [-0.2, 0) is 0 Å². The first-order chi connectivity index (χ1) is 8.69. The molecule has 0 aliphatic carbocycles. The molecule has 94 valence electrons. The molecule has 2 rings (SSSR count). The van der Waals surface area contributed by atoms with E-state index in [1.807, 2.05) is 18.2 Å². The number of carbonyl (C=O) groups is 1. The molecule has 0 saturated heterocycles. The van der Waals surface area contributed by atoms with Crippen LogP contribution in [0.1, 0.15) is 24.2 Å². The van der Waals surface area contributed by atoms with Gasteiger partial charge in [0.2, 0.25) is 0 Å². The van der Waals surface area contributed by atoms with E-state index in [4.69, 9.17) is 0 Å². The lowest BCUT2D eigenvalue weighted by Crippen LogP contribution is -2.21. The van der Waals surface area contributed by atoms with Gasteiger partial charge in [-0.3, -0.25) is 4.79 Å². The van der Waals surface area contributed by atoms with E-state index in [1.54, 1.807) is 12.1 Å². The average Bonchev–Trinajstić information content (AvgIpc) is 2.39. The van der Waals surface area contributed by atoms with Crippen molar-refractivity contribution in [3.05, 3.63) is 35.9 Å². The summed E-state index contributed by atoms with van der Waals surface area (Å²) in [4.78, 5) is 13.0. The number of rotatable bonds is 4. The molecule has 18 heavy (non-hydrogen) atoms. The van der Waals surface area contributed by atoms with Crippen LogP contribution >= 0.6 is 0 Å². The quantitative estimate of drug-likeness (QED) is 0.838. The van der Waals surface area contributed by atoms with Crippen molar-refractivity contribution in [2.75, 3.05) is 18.0 Å². The summed E-state index contributed by atoms with van der Waals surface area (Å²) in [5.41, 5.74) is 1.46. The number of hydrogen-bond donors (Lipinski definition) is 1. The summed E-state index contributed by atoms with van der Waals surface area (Å²) in [5.74, 6) is 0.0363. The molecule has 0 amide bonds. The molecular formula is C15H17NO2. The first-order valence-electron chi connectivity index (χ1n) is 6.16. The zero-order chi connectivity index (χ0) is 13.1. The van der Waals surface area contributed by atoms with E-state index in [2.05, 4.69) is 18.7 Å². The molecule has 0 spiro atoms. The molecule has 0 unspecified atom stereocenters. The van der Waals surface area contributed by atoms with Gasteiger partial charge in [-0.25, -0.2) is 0 Å². The molecule has 0 aliphatic heterocycles. The molecule has 0 aromatic heterocycles. The first-order valence-corrected chi connectivity index (χ1v) is 6.16. The lowest BCUT2D eigenvalue weighted by molar-refractivity contribution is 0.112. The number of aldehydes is 1. The monoisotopic (exact) mass is 243 g/mol. The van der Waals surface area contributed by atoms with Crippen LogP contribution in [0.4, 0.5) is 5.69 Å². The van der Waals surface area contributed by atoms with Gasteiger partial charge in [0.15, 0.2) is 6.29 Å². The van der Waals surface area contributed by atoms with Gasteiger partial charge in [0.05, 0.1) is 5.56 Å². The Kier molecular flexibility index (Phi) is 3.51. The topological polar surface area (TPSA) is 40.5 Å². The van der Waals surface area contributed by atoms with E-state index in [-0.39, 0.29) is 5.75 Å². The molecule has 0 aliphatic rings. The van der Waals surface area contributed by atoms with Crippen molar-refractivity contribution in [1.82, 2.24) is 0 Å². The maximum absolute atomic E-state index is 10.8. The van der Waals surface area contributed by atoms with Crippen LogP contribution < -0.4 is 4.90 Å². The van der Waals surface area contributed by atoms with E-state index in [9.17, 15) is 9.90 Å². The predicted molar refractivity (Wildman–Crippen MR) is 74.6 cm³/mol. The Hall–Kier alpha value is -2.03. The summed E-state index contributed by atoms with van der Waals surface area (Å²) in [7, 11) is 0. The van der Waals surface area contributed by atoms with Crippen LogP contribution in [0.15, 0.2) is 30.3 Å². The molecular weight excluding hydrogens is 226 g/mol. The molecule has 1 N–H and O–H groups in total. The van der Waals surface area contributed by atoms with Crippen molar-refractivity contribution in [1.29, 1.82) is 0 Å². The average molecular weight is 243 g/mol. The molecule has 3 heteroatoms. The summed E-state index contributed by atoms with van der Waals surface area (Å²) >= 11 is 0. The van der Waals surface area contributed by atoms with Crippen molar-refractivity contribution in [3.8, 4) is 5.75 Å². The normalized spacial score (nSPS) is 10.6. The van der Waals surface area contributed by atoms with Crippen molar-refractivity contribution < 1.29 is 9.90 Å². The number of aromatic hydroxyl groups is 1. The Morgan fingerprint density at radius 2 is 1.83 bits per heavy atom. The summed E-state index contributed by atoms with van der Waals surface area (Å²) in [6.45, 7) is 6.11. The van der Waals surface area contributed by atoms with Gasteiger partial charge in [-0.05, 0) is 48.9 Å². The Morgan fingerprint density at radius 3 is 2.44 bits per heavy atom. The van der Waals surface area contributed by atoms with Gasteiger partial charge in [0.1, 0.15) is 5.75 Å². The van der Waals surface area contributed by atoms with Crippen LogP contribution in [0.5, 0.6) is 5.75 Å². The number of carbonyl (C=O) groups excluding carboxylic acids is 1. The third kappa shape index (κ3) is 2.16. The molecule has 2 aromatic rings. The van der Waals surface area contributed by atoms with Crippen molar-refractivity contribution in [2.45, 2.75) is 13.8 Å². The summed E-state index contributed by atoms with van der Waals surface area (Å²) in [6.07, 6.45) is 0.674. The Bertz CT molecular complexity index is 574. The van der Waals surface area contributed by atoms with E-state index in [0.29, 0.717) is 11.8 Å². The SMILES string of the molecule is CCN(CC)c1ccc2cc(C=O)c(O)cc2c1. The van der Waals surface area contributed by atoms with Crippen LogP contribution in [0.25, 0.3) is 10.8 Å². The van der Waals surface area contributed by atoms with Crippen LogP contribution in [0, 0.1) is 0 Å². The molecule has 0 heterocycles. The van der Waals surface area contributed by atoms with Gasteiger partial charge < -0.3 is 10.0 Å². The van der Waals surface area contributed by atoms with Crippen molar-refractivity contribution in [3.63, 3.8) is 0 Å². The number of benzene rings is 2. The summed E-state index contributed by atoms with van der Waals surface area (Å²) in [6, 6.07) is 9.42. The van der Waals surface area contributed by atoms with Gasteiger partial charge in [-0.15, -0.1) is 0 Å². The van der Waals surface area contributed by atoms with Gasteiger partial charge in [-0.1, -0.05) is 6.07 Å². The lowest BCUT2D eigenvalue weighted by atomic mass is 10.1. The van der Waals surface area contributed by atoms with Crippen LogP contribution in [0.3, 0.4) is 0 Å². The van der Waals surface area contributed by atoms with E-state index in [1.165, 1.54) is 0 Å². The van der Waals surface area contributed by atoms with Crippen molar-refractivity contribution in [2.24, 2.45) is 0 Å². The highest BCUT2D eigenvalue weighted by Gasteiger charge is 2.06. The first kappa shape index (κ1) is 12.4. The van der Waals surface area contributed by atoms with Gasteiger partial charge >= 0.3 is 0 Å². The van der Waals surface area contributed by atoms with E-state index >= 15 is 0 Å². The number of phenols is 1. The zero-order valence-corrected chi connectivity index (χ0v) is 10.7. The van der Waals surface area contributed by atoms with E-state index < -0.39 is 0 Å². The smallest absolute Gasteiger partial charge is 0.153 e. The number of phenolic OH excluding ortho intramolecular Hbond substituents is 1.